The SMILES string of the molecule is CCc1cnc(C(C)NS(=O)(=O)c2ccn[nH]2)s1. The predicted molar refractivity (Wildman–Crippen MR) is 68.8 cm³/mol. The van der Waals surface area contributed by atoms with E-state index in [4.69, 9.17) is 0 Å². The summed E-state index contributed by atoms with van der Waals surface area (Å²) in [6.45, 7) is 3.81. The summed E-state index contributed by atoms with van der Waals surface area (Å²) in [5, 5.41) is 6.88. The maximum atomic E-state index is 11.9. The number of aryl methyl sites for hydroxylation is 1. The van der Waals surface area contributed by atoms with Crippen molar-refractivity contribution in [3.63, 3.8) is 0 Å². The van der Waals surface area contributed by atoms with Gasteiger partial charge in [-0.25, -0.2) is 18.1 Å². The standard InChI is InChI=1S/C10H14N4O2S2/c1-3-8-6-11-10(17-8)7(2)14-18(15,16)9-4-5-12-13-9/h4-7,14H,3H2,1-2H3,(H,12,13). The van der Waals surface area contributed by atoms with Gasteiger partial charge in [-0.1, -0.05) is 6.92 Å². The number of hydrogen-bond donors (Lipinski definition) is 2. The summed E-state index contributed by atoms with van der Waals surface area (Å²) in [6, 6.07) is 1.05. The van der Waals surface area contributed by atoms with Crippen LogP contribution in [0.1, 0.15) is 29.8 Å². The van der Waals surface area contributed by atoms with Crippen molar-refractivity contribution in [1.82, 2.24) is 19.9 Å². The summed E-state index contributed by atoms with van der Waals surface area (Å²) < 4.78 is 26.5. The largest absolute Gasteiger partial charge is 0.266 e. The van der Waals surface area contributed by atoms with E-state index in [1.807, 2.05) is 6.92 Å². The molecule has 0 aliphatic rings. The minimum atomic E-state index is -3.56. The molecule has 0 radical (unpaired) electrons. The van der Waals surface area contributed by atoms with Gasteiger partial charge in [0.2, 0.25) is 0 Å². The number of rotatable bonds is 5. The molecule has 0 spiro atoms. The minimum absolute atomic E-state index is 0.0571. The van der Waals surface area contributed by atoms with E-state index < -0.39 is 10.0 Å². The van der Waals surface area contributed by atoms with Gasteiger partial charge in [-0.2, -0.15) is 5.10 Å². The minimum Gasteiger partial charge on any atom is -0.266 e. The fraction of sp³-hybridized carbons (Fsp3) is 0.400. The van der Waals surface area contributed by atoms with Crippen molar-refractivity contribution in [3.8, 4) is 0 Å². The van der Waals surface area contributed by atoms with Gasteiger partial charge in [0.05, 0.1) is 12.2 Å². The first kappa shape index (κ1) is 13.2. The van der Waals surface area contributed by atoms with Crippen molar-refractivity contribution in [2.24, 2.45) is 0 Å². The highest BCUT2D eigenvalue weighted by Gasteiger charge is 2.21. The van der Waals surface area contributed by atoms with Crippen LogP contribution >= 0.6 is 11.3 Å². The van der Waals surface area contributed by atoms with Gasteiger partial charge < -0.3 is 0 Å². The number of hydrogen-bond acceptors (Lipinski definition) is 5. The van der Waals surface area contributed by atoms with Gasteiger partial charge >= 0.3 is 0 Å². The molecule has 1 unspecified atom stereocenters. The number of nitrogens with one attached hydrogen (secondary N) is 2. The van der Waals surface area contributed by atoms with E-state index in [0.29, 0.717) is 0 Å². The molecule has 6 nitrogen and oxygen atoms in total. The highest BCUT2D eigenvalue weighted by molar-refractivity contribution is 7.89. The number of sulfonamides is 1. The lowest BCUT2D eigenvalue weighted by Gasteiger charge is -2.10. The monoisotopic (exact) mass is 286 g/mol. The van der Waals surface area contributed by atoms with Crippen LogP contribution in [0.15, 0.2) is 23.5 Å². The van der Waals surface area contributed by atoms with Crippen LogP contribution in [0.25, 0.3) is 0 Å². The lowest BCUT2D eigenvalue weighted by atomic mass is 10.4. The fourth-order valence-corrected chi connectivity index (χ4v) is 3.48. The summed E-state index contributed by atoms with van der Waals surface area (Å²) >= 11 is 1.52. The molecule has 0 fully saturated rings. The second-order valence-electron chi connectivity index (χ2n) is 3.78. The first-order valence-corrected chi connectivity index (χ1v) is 7.79. The van der Waals surface area contributed by atoms with Crippen molar-refractivity contribution in [2.45, 2.75) is 31.3 Å². The maximum Gasteiger partial charge on any atom is 0.258 e. The van der Waals surface area contributed by atoms with Crippen LogP contribution in [0.2, 0.25) is 0 Å². The highest BCUT2D eigenvalue weighted by atomic mass is 32.2. The third-order valence-electron chi connectivity index (χ3n) is 2.39. The molecule has 2 rings (SSSR count). The Hall–Kier alpha value is -1.25. The Morgan fingerprint density at radius 3 is 2.89 bits per heavy atom. The summed E-state index contributed by atoms with van der Waals surface area (Å²) in [5.41, 5.74) is 0. The molecule has 0 aliphatic heterocycles. The lowest BCUT2D eigenvalue weighted by Crippen LogP contribution is -2.27. The molecule has 0 aromatic carbocycles. The average molecular weight is 286 g/mol. The summed E-state index contributed by atoms with van der Waals surface area (Å²) in [4.78, 5) is 5.35. The van der Waals surface area contributed by atoms with Gasteiger partial charge in [0, 0.05) is 11.1 Å². The zero-order valence-corrected chi connectivity index (χ0v) is 11.7. The first-order valence-electron chi connectivity index (χ1n) is 5.49. The predicted octanol–water partition coefficient (Wildman–Crippen LogP) is 1.47. The molecule has 98 valence electrons. The summed E-state index contributed by atoms with van der Waals surface area (Å²) in [5.74, 6) is 0. The topological polar surface area (TPSA) is 87.7 Å². The molecule has 0 bridgehead atoms. The van der Waals surface area contributed by atoms with Crippen LogP contribution in [0.5, 0.6) is 0 Å². The third kappa shape index (κ3) is 2.77. The summed E-state index contributed by atoms with van der Waals surface area (Å²) in [6.07, 6.45) is 4.08. The molecule has 0 saturated heterocycles. The van der Waals surface area contributed by atoms with Gasteiger partial charge in [0.15, 0.2) is 5.03 Å². The van der Waals surface area contributed by atoms with Crippen LogP contribution in [0, 0.1) is 0 Å². The fourth-order valence-electron chi connectivity index (χ4n) is 1.43. The van der Waals surface area contributed by atoms with Crippen molar-refractivity contribution >= 4 is 21.4 Å². The lowest BCUT2D eigenvalue weighted by molar-refractivity contribution is 0.562. The van der Waals surface area contributed by atoms with E-state index in [9.17, 15) is 8.42 Å². The van der Waals surface area contributed by atoms with E-state index in [2.05, 4.69) is 19.9 Å². The molecular formula is C10H14N4O2S2. The Balaban J connectivity index is 2.14. The zero-order valence-electron chi connectivity index (χ0n) is 10.0. The number of H-pyrrole nitrogens is 1. The van der Waals surface area contributed by atoms with Crippen molar-refractivity contribution in [1.29, 1.82) is 0 Å². The van der Waals surface area contributed by atoms with Gasteiger partial charge in [-0.3, -0.25) is 5.10 Å². The molecular weight excluding hydrogens is 272 g/mol. The van der Waals surface area contributed by atoms with Crippen LogP contribution in [0.4, 0.5) is 0 Å². The second-order valence-corrected chi connectivity index (χ2v) is 6.61. The van der Waals surface area contributed by atoms with E-state index in [1.165, 1.54) is 23.6 Å². The van der Waals surface area contributed by atoms with Crippen LogP contribution in [0.3, 0.4) is 0 Å². The molecule has 0 aliphatic carbocycles. The molecule has 8 heteroatoms. The van der Waals surface area contributed by atoms with Crippen LogP contribution in [-0.4, -0.2) is 23.6 Å². The molecule has 18 heavy (non-hydrogen) atoms. The Bertz CT molecular complexity index is 604. The number of thiazole rings is 1. The summed E-state index contributed by atoms with van der Waals surface area (Å²) in [7, 11) is -3.56. The van der Waals surface area contributed by atoms with Gasteiger partial charge in [0.1, 0.15) is 5.01 Å². The number of nitrogens with zero attached hydrogens (tertiary/aromatic N) is 2. The van der Waals surface area contributed by atoms with Crippen LogP contribution in [-0.2, 0) is 16.4 Å². The first-order chi connectivity index (χ1) is 8.53. The van der Waals surface area contributed by atoms with Gasteiger partial charge in [-0.05, 0) is 19.4 Å². The molecule has 0 saturated carbocycles. The Morgan fingerprint density at radius 2 is 2.33 bits per heavy atom. The molecule has 2 aromatic rings. The number of aromatic amines is 1. The second kappa shape index (κ2) is 5.17. The van der Waals surface area contributed by atoms with Gasteiger partial charge in [0.25, 0.3) is 10.0 Å². The van der Waals surface area contributed by atoms with Gasteiger partial charge in [-0.15, -0.1) is 11.3 Å². The Labute approximate surface area is 110 Å². The Morgan fingerprint density at radius 1 is 1.56 bits per heavy atom. The molecule has 2 aromatic heterocycles. The molecule has 2 heterocycles. The van der Waals surface area contributed by atoms with Crippen LogP contribution < -0.4 is 4.72 Å². The highest BCUT2D eigenvalue weighted by Crippen LogP contribution is 2.21. The third-order valence-corrected chi connectivity index (χ3v) is 5.18. The average Bonchev–Trinajstić information content (AvgIpc) is 3.00. The molecule has 2 N–H and O–H groups in total. The zero-order chi connectivity index (χ0) is 13.2. The van der Waals surface area contributed by atoms with E-state index >= 15 is 0 Å². The van der Waals surface area contributed by atoms with E-state index in [1.54, 1.807) is 13.1 Å². The van der Waals surface area contributed by atoms with Crippen molar-refractivity contribution < 1.29 is 8.42 Å². The quantitative estimate of drug-likeness (QED) is 0.871. The molecule has 0 amide bonds. The Kier molecular flexibility index (Phi) is 3.79. The number of aromatic nitrogens is 3. The van der Waals surface area contributed by atoms with Crippen molar-refractivity contribution in [3.05, 3.63) is 28.3 Å². The van der Waals surface area contributed by atoms with Crippen molar-refractivity contribution in [2.75, 3.05) is 0 Å². The molecule has 1 atom stereocenters. The van der Waals surface area contributed by atoms with E-state index in [0.717, 1.165) is 16.3 Å². The van der Waals surface area contributed by atoms with E-state index in [-0.39, 0.29) is 11.1 Å². The maximum absolute atomic E-state index is 11.9. The normalized spacial score (nSPS) is 13.7. The smallest absolute Gasteiger partial charge is 0.258 e.